The Kier molecular flexibility index (Phi) is 5.68. The molecule has 0 saturated heterocycles. The summed E-state index contributed by atoms with van der Waals surface area (Å²) in [6, 6.07) is 6.24. The number of hydrogen-bond donors (Lipinski definition) is 1. The van der Waals surface area contributed by atoms with Crippen molar-refractivity contribution in [2.45, 2.75) is 57.7 Å². The van der Waals surface area contributed by atoms with Gasteiger partial charge in [-0.3, -0.25) is 0 Å². The van der Waals surface area contributed by atoms with Crippen LogP contribution in [0.5, 0.6) is 0 Å². The number of benzene rings is 1. The highest BCUT2D eigenvalue weighted by molar-refractivity contribution is 5.25. The van der Waals surface area contributed by atoms with Gasteiger partial charge in [0.1, 0.15) is 0 Å². The summed E-state index contributed by atoms with van der Waals surface area (Å²) in [7, 11) is 0. The maximum atomic E-state index is 12.5. The van der Waals surface area contributed by atoms with Crippen LogP contribution in [0.2, 0.25) is 0 Å². The van der Waals surface area contributed by atoms with Crippen molar-refractivity contribution < 1.29 is 13.2 Å². The van der Waals surface area contributed by atoms with Gasteiger partial charge in [-0.1, -0.05) is 31.9 Å². The fourth-order valence-corrected chi connectivity index (χ4v) is 3.17. The Bertz CT molecular complexity index is 425. The van der Waals surface area contributed by atoms with Gasteiger partial charge >= 0.3 is 6.18 Å². The molecule has 0 amide bonds. The summed E-state index contributed by atoms with van der Waals surface area (Å²) >= 11 is 0. The molecule has 0 aromatic heterocycles. The van der Waals surface area contributed by atoms with Crippen LogP contribution in [0.15, 0.2) is 24.3 Å². The molecule has 2 atom stereocenters. The Morgan fingerprint density at radius 3 is 2.48 bits per heavy atom. The molecule has 1 aromatic carbocycles. The van der Waals surface area contributed by atoms with E-state index in [9.17, 15) is 13.2 Å². The summed E-state index contributed by atoms with van der Waals surface area (Å²) in [4.78, 5) is 0. The molecule has 2 unspecified atom stereocenters. The largest absolute Gasteiger partial charge is 0.416 e. The second-order valence-electron chi connectivity index (χ2n) is 6.08. The van der Waals surface area contributed by atoms with Gasteiger partial charge in [0.05, 0.1) is 5.56 Å². The third kappa shape index (κ3) is 5.03. The molecule has 4 heteroatoms. The van der Waals surface area contributed by atoms with Crippen molar-refractivity contribution >= 4 is 0 Å². The lowest BCUT2D eigenvalue weighted by atomic mass is 9.82. The van der Waals surface area contributed by atoms with E-state index in [1.54, 1.807) is 12.1 Å². The van der Waals surface area contributed by atoms with Gasteiger partial charge in [0.2, 0.25) is 0 Å². The van der Waals surface area contributed by atoms with Gasteiger partial charge in [0, 0.05) is 6.04 Å². The molecule has 1 nitrogen and oxygen atoms in total. The Morgan fingerprint density at radius 2 is 1.86 bits per heavy atom. The third-order valence-corrected chi connectivity index (χ3v) is 4.27. The molecule has 1 aliphatic rings. The Morgan fingerprint density at radius 1 is 1.14 bits per heavy atom. The molecule has 1 fully saturated rings. The van der Waals surface area contributed by atoms with Gasteiger partial charge in [-0.05, 0) is 55.8 Å². The first-order valence-electron chi connectivity index (χ1n) is 7.88. The summed E-state index contributed by atoms with van der Waals surface area (Å²) in [5.74, 6) is 0.588. The zero-order valence-electron chi connectivity index (χ0n) is 12.5. The van der Waals surface area contributed by atoms with Gasteiger partial charge in [0.25, 0.3) is 0 Å². The van der Waals surface area contributed by atoms with Crippen molar-refractivity contribution in [1.82, 2.24) is 5.32 Å². The van der Waals surface area contributed by atoms with Crippen LogP contribution in [-0.2, 0) is 12.6 Å². The minimum atomic E-state index is -4.24. The van der Waals surface area contributed by atoms with Gasteiger partial charge < -0.3 is 5.32 Å². The van der Waals surface area contributed by atoms with Gasteiger partial charge in [0.15, 0.2) is 0 Å². The van der Waals surface area contributed by atoms with Crippen LogP contribution >= 0.6 is 0 Å². The van der Waals surface area contributed by atoms with Gasteiger partial charge in [-0.15, -0.1) is 0 Å². The summed E-state index contributed by atoms with van der Waals surface area (Å²) in [6.07, 6.45) is 2.56. The summed E-state index contributed by atoms with van der Waals surface area (Å²) in [6.45, 7) is 3.22. The Hall–Kier alpha value is -1.03. The topological polar surface area (TPSA) is 12.0 Å². The molecule has 1 aliphatic carbocycles. The summed E-state index contributed by atoms with van der Waals surface area (Å²) in [5, 5.41) is 3.57. The zero-order valence-corrected chi connectivity index (χ0v) is 12.5. The molecule has 2 rings (SSSR count). The van der Waals surface area contributed by atoms with E-state index in [2.05, 4.69) is 12.2 Å². The highest BCUT2D eigenvalue weighted by Gasteiger charge is 2.30. The van der Waals surface area contributed by atoms with Crippen molar-refractivity contribution in [3.63, 3.8) is 0 Å². The van der Waals surface area contributed by atoms with Gasteiger partial charge in [-0.2, -0.15) is 13.2 Å². The first-order valence-corrected chi connectivity index (χ1v) is 7.88. The Balaban J connectivity index is 1.89. The van der Waals surface area contributed by atoms with Crippen LogP contribution in [0, 0.1) is 5.92 Å². The number of rotatable bonds is 5. The molecule has 0 heterocycles. The Labute approximate surface area is 124 Å². The molecule has 1 aromatic rings. The number of nitrogens with one attached hydrogen (secondary N) is 1. The molecule has 1 saturated carbocycles. The molecule has 1 N–H and O–H groups in total. The van der Waals surface area contributed by atoms with Crippen LogP contribution in [0.25, 0.3) is 0 Å². The summed E-state index contributed by atoms with van der Waals surface area (Å²) in [5.41, 5.74) is 0.460. The minimum absolute atomic E-state index is 0.558. The van der Waals surface area contributed by atoms with E-state index in [0.717, 1.165) is 31.4 Å². The monoisotopic (exact) mass is 299 g/mol. The van der Waals surface area contributed by atoms with E-state index in [1.807, 2.05) is 0 Å². The van der Waals surface area contributed by atoms with Crippen molar-refractivity contribution in [3.05, 3.63) is 35.4 Å². The van der Waals surface area contributed by atoms with E-state index in [-0.39, 0.29) is 0 Å². The molecular weight excluding hydrogens is 275 g/mol. The lowest BCUT2D eigenvalue weighted by Crippen LogP contribution is -2.35. The van der Waals surface area contributed by atoms with Gasteiger partial charge in [-0.25, -0.2) is 0 Å². The predicted octanol–water partition coefficient (Wildman–Crippen LogP) is 4.81. The third-order valence-electron chi connectivity index (χ3n) is 4.27. The second-order valence-corrected chi connectivity index (χ2v) is 6.08. The molecule has 0 aliphatic heterocycles. The highest BCUT2D eigenvalue weighted by Crippen LogP contribution is 2.31. The number of alkyl halides is 3. The van der Waals surface area contributed by atoms with E-state index >= 15 is 0 Å². The fraction of sp³-hybridized carbons (Fsp3) is 0.647. The maximum Gasteiger partial charge on any atom is 0.416 e. The highest BCUT2D eigenvalue weighted by atomic mass is 19.4. The first-order chi connectivity index (χ1) is 9.99. The molecule has 0 spiro atoms. The normalized spacial score (nSPS) is 23.2. The predicted molar refractivity (Wildman–Crippen MR) is 79.2 cm³/mol. The SMILES string of the molecule is CCCNC1CCCC(Cc2ccc(C(F)(F)F)cc2)C1. The quantitative estimate of drug-likeness (QED) is 0.823. The van der Waals surface area contributed by atoms with Crippen molar-refractivity contribution in [3.8, 4) is 0 Å². The van der Waals surface area contributed by atoms with E-state index in [1.165, 1.54) is 31.4 Å². The second kappa shape index (κ2) is 7.30. The lowest BCUT2D eigenvalue weighted by Gasteiger charge is -2.30. The number of hydrogen-bond acceptors (Lipinski definition) is 1. The van der Waals surface area contributed by atoms with Crippen LogP contribution in [0.3, 0.4) is 0 Å². The van der Waals surface area contributed by atoms with Crippen LogP contribution in [-0.4, -0.2) is 12.6 Å². The lowest BCUT2D eigenvalue weighted by molar-refractivity contribution is -0.137. The molecule has 21 heavy (non-hydrogen) atoms. The zero-order chi connectivity index (χ0) is 15.3. The summed E-state index contributed by atoms with van der Waals surface area (Å²) < 4.78 is 37.6. The van der Waals surface area contributed by atoms with Crippen molar-refractivity contribution in [1.29, 1.82) is 0 Å². The standard InChI is InChI=1S/C17H24F3N/c1-2-10-21-16-5-3-4-14(12-16)11-13-6-8-15(9-7-13)17(18,19)20/h6-9,14,16,21H,2-5,10-12H2,1H3. The van der Waals surface area contributed by atoms with Crippen LogP contribution in [0.1, 0.15) is 50.2 Å². The van der Waals surface area contributed by atoms with E-state index in [0.29, 0.717) is 12.0 Å². The fourth-order valence-electron chi connectivity index (χ4n) is 3.17. The first kappa shape index (κ1) is 16.3. The van der Waals surface area contributed by atoms with Crippen LogP contribution in [0.4, 0.5) is 13.2 Å². The van der Waals surface area contributed by atoms with Crippen LogP contribution < -0.4 is 5.32 Å². The maximum absolute atomic E-state index is 12.5. The van der Waals surface area contributed by atoms with Crippen molar-refractivity contribution in [2.75, 3.05) is 6.54 Å². The average Bonchev–Trinajstić information content (AvgIpc) is 2.45. The van der Waals surface area contributed by atoms with E-state index < -0.39 is 11.7 Å². The van der Waals surface area contributed by atoms with E-state index in [4.69, 9.17) is 0 Å². The molecule has 118 valence electrons. The average molecular weight is 299 g/mol. The molecule has 0 bridgehead atoms. The minimum Gasteiger partial charge on any atom is -0.314 e. The van der Waals surface area contributed by atoms with Crippen molar-refractivity contribution in [2.24, 2.45) is 5.92 Å². The smallest absolute Gasteiger partial charge is 0.314 e. The molecular formula is C17H24F3N. The molecule has 0 radical (unpaired) electrons. The number of halogens is 3.